The molecule has 0 bridgehead atoms. The maximum atomic E-state index is 14.5. The number of allylic oxidation sites excluding steroid dienone is 1. The molecule has 1 heterocycles. The van der Waals surface area contributed by atoms with Crippen LogP contribution in [0.3, 0.4) is 0 Å². The zero-order chi connectivity index (χ0) is 41.8. The summed E-state index contributed by atoms with van der Waals surface area (Å²) >= 11 is 1.75. The third kappa shape index (κ3) is 11.3. The SMILES string of the molecule is C=CCOC12Oc3ccc(OCCSc4ccccc4)cc3C3C(CCCCO)C(CCCCO)C=C(C(=NOC(C)(C)C)CC1N(CCOCCO)C(=O)C1CC1)C32. The van der Waals surface area contributed by atoms with E-state index >= 15 is 0 Å². The third-order valence-corrected chi connectivity index (χ3v) is 12.7. The van der Waals surface area contributed by atoms with Crippen molar-refractivity contribution >= 4 is 23.4 Å². The van der Waals surface area contributed by atoms with Crippen molar-refractivity contribution in [1.82, 2.24) is 4.90 Å². The first-order valence-corrected chi connectivity index (χ1v) is 22.7. The molecule has 1 aliphatic heterocycles. The molecule has 1 amide bonds. The number of hydrogen-bond acceptors (Lipinski definition) is 11. The lowest BCUT2D eigenvalue weighted by Gasteiger charge is -2.60. The zero-order valence-corrected chi connectivity index (χ0v) is 36.1. The molecule has 2 fully saturated rings. The molecular formula is C47H66N2O9S. The second-order valence-electron chi connectivity index (χ2n) is 17.1. The lowest BCUT2D eigenvalue weighted by Crippen LogP contribution is -2.70. The Labute approximate surface area is 355 Å². The Morgan fingerprint density at radius 3 is 2.46 bits per heavy atom. The number of thioether (sulfide) groups is 1. The molecule has 0 saturated heterocycles. The molecule has 3 N–H and O–H groups in total. The molecule has 4 aliphatic rings. The van der Waals surface area contributed by atoms with E-state index in [0.29, 0.717) is 31.6 Å². The van der Waals surface area contributed by atoms with E-state index in [-0.39, 0.29) is 75.8 Å². The average molecular weight is 835 g/mol. The molecule has 0 aromatic heterocycles. The minimum absolute atomic E-state index is 0.0351. The number of aliphatic hydroxyl groups excluding tert-OH is 3. The Hall–Kier alpha value is -3.39. The summed E-state index contributed by atoms with van der Waals surface area (Å²) in [6.07, 6.45) is 10.9. The van der Waals surface area contributed by atoms with Gasteiger partial charge in [-0.15, -0.1) is 18.3 Å². The molecule has 324 valence electrons. The van der Waals surface area contributed by atoms with Gasteiger partial charge in [0.2, 0.25) is 11.7 Å². The largest absolute Gasteiger partial charge is 0.493 e. The molecule has 12 heteroatoms. The van der Waals surface area contributed by atoms with E-state index in [1.807, 2.05) is 56.0 Å². The number of rotatable bonds is 24. The van der Waals surface area contributed by atoms with Crippen molar-refractivity contribution in [3.05, 3.63) is 78.4 Å². The molecule has 2 saturated carbocycles. The molecule has 6 unspecified atom stereocenters. The van der Waals surface area contributed by atoms with Crippen molar-refractivity contribution < 1.29 is 43.9 Å². The second-order valence-corrected chi connectivity index (χ2v) is 18.3. The Morgan fingerprint density at radius 2 is 1.76 bits per heavy atom. The normalized spacial score (nSPS) is 25.4. The van der Waals surface area contributed by atoms with Crippen LogP contribution in [-0.4, -0.2) is 108 Å². The quantitative estimate of drug-likeness (QED) is 0.0421. The van der Waals surface area contributed by atoms with Gasteiger partial charge < -0.3 is 44.0 Å². The summed E-state index contributed by atoms with van der Waals surface area (Å²) < 4.78 is 26.7. The first-order chi connectivity index (χ1) is 28.6. The van der Waals surface area contributed by atoms with Gasteiger partial charge in [-0.3, -0.25) is 4.79 Å². The monoisotopic (exact) mass is 834 g/mol. The van der Waals surface area contributed by atoms with Crippen LogP contribution < -0.4 is 9.47 Å². The average Bonchev–Trinajstić information content (AvgIpc) is 4.08. The summed E-state index contributed by atoms with van der Waals surface area (Å²) in [5.41, 5.74) is 2.22. The van der Waals surface area contributed by atoms with Gasteiger partial charge >= 0.3 is 0 Å². The maximum absolute atomic E-state index is 14.5. The van der Waals surface area contributed by atoms with Gasteiger partial charge in [0.1, 0.15) is 23.1 Å². The molecule has 59 heavy (non-hydrogen) atoms. The standard InChI is InChI=1S/C47H66N2O9S/c1-5-25-56-47-42(49(21-26-54-27-24-52)45(53)33-17-18-33)32-40(48-58-46(2,3)4)38-30-34(13-9-11-22-50)37(16-10-12-23-51)43(44(38)47)39-31-35(19-20-41(39)57-47)55-28-29-59-36-14-7-6-8-15-36/h5-8,14-15,19-20,30-31,33-34,37,42-44,50-52H,1,9-13,16-18,21-29,32H2,2-4H3. The van der Waals surface area contributed by atoms with Crippen LogP contribution in [0, 0.1) is 23.7 Å². The van der Waals surface area contributed by atoms with Gasteiger partial charge in [0.25, 0.3) is 0 Å². The smallest absolute Gasteiger partial charge is 0.239 e. The summed E-state index contributed by atoms with van der Waals surface area (Å²) in [6.45, 7) is 11.5. The van der Waals surface area contributed by atoms with E-state index in [9.17, 15) is 20.1 Å². The fourth-order valence-electron chi connectivity index (χ4n) is 9.08. The molecule has 0 radical (unpaired) electrons. The molecule has 2 aromatic rings. The lowest BCUT2D eigenvalue weighted by atomic mass is 9.55. The van der Waals surface area contributed by atoms with Crippen molar-refractivity contribution in [2.75, 3.05) is 58.5 Å². The number of aliphatic hydroxyl groups is 3. The van der Waals surface area contributed by atoms with Crippen LogP contribution in [-0.2, 0) is 19.1 Å². The summed E-state index contributed by atoms with van der Waals surface area (Å²) in [5, 5.41) is 34.3. The topological polar surface area (TPSA) is 140 Å². The van der Waals surface area contributed by atoms with Gasteiger partial charge in [-0.2, -0.15) is 0 Å². The van der Waals surface area contributed by atoms with Crippen molar-refractivity contribution in [2.45, 2.75) is 107 Å². The minimum Gasteiger partial charge on any atom is -0.493 e. The van der Waals surface area contributed by atoms with E-state index in [1.54, 1.807) is 17.8 Å². The Balaban J connectivity index is 1.51. The number of oxime groups is 1. The van der Waals surface area contributed by atoms with Crippen LogP contribution >= 0.6 is 11.8 Å². The number of nitrogens with zero attached hydrogens (tertiary/aromatic N) is 2. The van der Waals surface area contributed by atoms with E-state index in [1.165, 1.54) is 4.90 Å². The van der Waals surface area contributed by atoms with E-state index in [0.717, 1.165) is 66.9 Å². The Bertz CT molecular complexity index is 1730. The van der Waals surface area contributed by atoms with Gasteiger partial charge in [-0.25, -0.2) is 0 Å². The number of unbranched alkanes of at least 4 members (excludes halogenated alkanes) is 2. The van der Waals surface area contributed by atoms with Crippen molar-refractivity contribution in [2.24, 2.45) is 28.8 Å². The first kappa shape index (κ1) is 45.1. The molecule has 6 atom stereocenters. The highest BCUT2D eigenvalue weighted by molar-refractivity contribution is 7.99. The van der Waals surface area contributed by atoms with Crippen LogP contribution in [0.1, 0.15) is 90.0 Å². The minimum atomic E-state index is -1.33. The van der Waals surface area contributed by atoms with Crippen LogP contribution in [0.5, 0.6) is 11.5 Å². The lowest BCUT2D eigenvalue weighted by molar-refractivity contribution is -0.258. The molecule has 11 nitrogen and oxygen atoms in total. The fourth-order valence-corrected chi connectivity index (χ4v) is 9.83. The van der Waals surface area contributed by atoms with Gasteiger partial charge in [0, 0.05) is 54.2 Å². The van der Waals surface area contributed by atoms with Crippen LogP contribution in [0.15, 0.2) is 82.9 Å². The zero-order valence-electron chi connectivity index (χ0n) is 35.3. The van der Waals surface area contributed by atoms with E-state index < -0.39 is 23.3 Å². The van der Waals surface area contributed by atoms with Gasteiger partial charge in [-0.1, -0.05) is 48.3 Å². The Kier molecular flexibility index (Phi) is 16.4. The number of carbonyl (C=O) groups excluding carboxylic acids is 1. The number of fused-ring (bicyclic) bond motifs is 2. The van der Waals surface area contributed by atoms with Crippen LogP contribution in [0.25, 0.3) is 0 Å². The van der Waals surface area contributed by atoms with Gasteiger partial charge in [0.05, 0.1) is 44.7 Å². The predicted molar refractivity (Wildman–Crippen MR) is 231 cm³/mol. The maximum Gasteiger partial charge on any atom is 0.239 e. The number of benzene rings is 2. The molecule has 3 aliphatic carbocycles. The highest BCUT2D eigenvalue weighted by Crippen LogP contribution is 2.62. The number of amides is 1. The summed E-state index contributed by atoms with van der Waals surface area (Å²) in [4.78, 5) is 23.9. The summed E-state index contributed by atoms with van der Waals surface area (Å²) in [7, 11) is 0. The third-order valence-electron chi connectivity index (χ3n) is 11.7. The number of hydrogen-bond donors (Lipinski definition) is 3. The number of carbonyl (C=O) groups is 1. The molecular weight excluding hydrogens is 769 g/mol. The molecule has 2 aromatic carbocycles. The molecule has 6 rings (SSSR count). The second kappa shape index (κ2) is 21.4. The van der Waals surface area contributed by atoms with E-state index in [2.05, 4.69) is 30.9 Å². The van der Waals surface area contributed by atoms with Crippen LogP contribution in [0.4, 0.5) is 0 Å². The Morgan fingerprint density at radius 1 is 1.00 bits per heavy atom. The highest BCUT2D eigenvalue weighted by Gasteiger charge is 2.66. The van der Waals surface area contributed by atoms with Gasteiger partial charge in [0.15, 0.2) is 0 Å². The highest BCUT2D eigenvalue weighted by atomic mass is 32.2. The summed E-state index contributed by atoms with van der Waals surface area (Å²) in [6, 6.07) is 15.8. The predicted octanol–water partition coefficient (Wildman–Crippen LogP) is 7.54. The van der Waals surface area contributed by atoms with Crippen molar-refractivity contribution in [1.29, 1.82) is 0 Å². The van der Waals surface area contributed by atoms with Gasteiger partial charge in [-0.05, 0) is 107 Å². The molecule has 0 spiro atoms. The fraction of sp³-hybridized carbons (Fsp3) is 0.617. The van der Waals surface area contributed by atoms with Crippen LogP contribution in [0.2, 0.25) is 0 Å². The summed E-state index contributed by atoms with van der Waals surface area (Å²) in [5.74, 6) is 0.529. The first-order valence-electron chi connectivity index (χ1n) is 21.7. The number of ether oxygens (including phenoxy) is 4. The van der Waals surface area contributed by atoms with E-state index in [4.69, 9.17) is 28.9 Å². The van der Waals surface area contributed by atoms with Crippen molar-refractivity contribution in [3.8, 4) is 11.5 Å². The van der Waals surface area contributed by atoms with Crippen molar-refractivity contribution in [3.63, 3.8) is 0 Å².